The molecule has 0 radical (unpaired) electrons. The lowest BCUT2D eigenvalue weighted by molar-refractivity contribution is -0.122. The molecule has 0 aromatic carbocycles. The van der Waals surface area contributed by atoms with Crippen LogP contribution in [0.2, 0.25) is 0 Å². The summed E-state index contributed by atoms with van der Waals surface area (Å²) in [4.78, 5) is 11.8. The number of ether oxygens (including phenoxy) is 1. The summed E-state index contributed by atoms with van der Waals surface area (Å²) in [6.07, 6.45) is 9.73. The van der Waals surface area contributed by atoms with Crippen molar-refractivity contribution in [2.24, 2.45) is 5.92 Å². The molecular weight excluding hydrogens is 276 g/mol. The molecule has 1 saturated carbocycles. The standard InChI is InChI=1S/C15H28N2O2.ClH/c18-15(12-13-6-8-16-9-7-13)17-10-11-19-14-4-2-1-3-5-14;/h13-14,16H,1-12H2,(H,17,18);1H. The molecule has 1 saturated heterocycles. The Hall–Kier alpha value is -0.320. The summed E-state index contributed by atoms with van der Waals surface area (Å²) in [5.74, 6) is 0.764. The van der Waals surface area contributed by atoms with E-state index in [2.05, 4.69) is 10.6 Å². The van der Waals surface area contributed by atoms with E-state index in [1.54, 1.807) is 0 Å². The normalized spacial score (nSPS) is 21.2. The average molecular weight is 305 g/mol. The van der Waals surface area contributed by atoms with Crippen molar-refractivity contribution in [1.82, 2.24) is 10.6 Å². The summed E-state index contributed by atoms with van der Waals surface area (Å²) >= 11 is 0. The van der Waals surface area contributed by atoms with Crippen LogP contribution in [0.25, 0.3) is 0 Å². The van der Waals surface area contributed by atoms with Gasteiger partial charge >= 0.3 is 0 Å². The van der Waals surface area contributed by atoms with Gasteiger partial charge in [0.05, 0.1) is 12.7 Å². The molecule has 0 bridgehead atoms. The van der Waals surface area contributed by atoms with E-state index < -0.39 is 0 Å². The first-order valence-corrected chi connectivity index (χ1v) is 7.93. The van der Waals surface area contributed by atoms with Gasteiger partial charge in [-0.15, -0.1) is 12.4 Å². The van der Waals surface area contributed by atoms with Gasteiger partial charge in [0, 0.05) is 13.0 Å². The third-order valence-corrected chi connectivity index (χ3v) is 4.26. The van der Waals surface area contributed by atoms with E-state index in [1.807, 2.05) is 0 Å². The summed E-state index contributed by atoms with van der Waals surface area (Å²) in [7, 11) is 0. The maximum absolute atomic E-state index is 11.8. The Labute approximate surface area is 128 Å². The lowest BCUT2D eigenvalue weighted by Crippen LogP contribution is -2.34. The molecule has 1 heterocycles. The van der Waals surface area contributed by atoms with E-state index in [0.29, 0.717) is 31.6 Å². The summed E-state index contributed by atoms with van der Waals surface area (Å²) < 4.78 is 5.80. The van der Waals surface area contributed by atoms with E-state index in [-0.39, 0.29) is 18.3 Å². The van der Waals surface area contributed by atoms with Gasteiger partial charge in [0.25, 0.3) is 0 Å². The number of piperidine rings is 1. The van der Waals surface area contributed by atoms with Gasteiger partial charge in [-0.25, -0.2) is 0 Å². The summed E-state index contributed by atoms with van der Waals surface area (Å²) in [5.41, 5.74) is 0. The fraction of sp³-hybridized carbons (Fsp3) is 0.933. The molecule has 2 N–H and O–H groups in total. The number of amides is 1. The van der Waals surface area contributed by atoms with Gasteiger partial charge in [-0.3, -0.25) is 4.79 Å². The van der Waals surface area contributed by atoms with Gasteiger partial charge in [0.2, 0.25) is 5.91 Å². The van der Waals surface area contributed by atoms with Crippen molar-refractivity contribution in [2.75, 3.05) is 26.2 Å². The number of carbonyl (C=O) groups is 1. The van der Waals surface area contributed by atoms with Crippen LogP contribution in [-0.2, 0) is 9.53 Å². The molecule has 1 aliphatic heterocycles. The van der Waals surface area contributed by atoms with Gasteiger partial charge in [0.1, 0.15) is 0 Å². The van der Waals surface area contributed by atoms with Crippen molar-refractivity contribution in [3.05, 3.63) is 0 Å². The van der Waals surface area contributed by atoms with Crippen molar-refractivity contribution in [1.29, 1.82) is 0 Å². The molecule has 1 aliphatic carbocycles. The van der Waals surface area contributed by atoms with Crippen LogP contribution < -0.4 is 10.6 Å². The van der Waals surface area contributed by atoms with Crippen LogP contribution in [0.15, 0.2) is 0 Å². The predicted octanol–water partition coefficient (Wildman–Crippen LogP) is 2.26. The van der Waals surface area contributed by atoms with Gasteiger partial charge < -0.3 is 15.4 Å². The van der Waals surface area contributed by atoms with Crippen molar-refractivity contribution in [2.45, 2.75) is 57.5 Å². The second kappa shape index (κ2) is 10.4. The van der Waals surface area contributed by atoms with Gasteiger partial charge in [-0.05, 0) is 44.7 Å². The molecular formula is C15H29ClN2O2. The smallest absolute Gasteiger partial charge is 0.220 e. The Morgan fingerprint density at radius 1 is 1.10 bits per heavy atom. The zero-order valence-electron chi connectivity index (χ0n) is 12.4. The highest BCUT2D eigenvalue weighted by molar-refractivity contribution is 5.85. The number of halogens is 1. The van der Waals surface area contributed by atoms with Crippen LogP contribution >= 0.6 is 12.4 Å². The quantitative estimate of drug-likeness (QED) is 0.740. The average Bonchev–Trinajstić information content (AvgIpc) is 2.46. The van der Waals surface area contributed by atoms with Crippen LogP contribution in [0.4, 0.5) is 0 Å². The Kier molecular flexibility index (Phi) is 9.23. The van der Waals surface area contributed by atoms with Gasteiger partial charge in [-0.2, -0.15) is 0 Å². The lowest BCUT2D eigenvalue weighted by atomic mass is 9.94. The van der Waals surface area contributed by atoms with Crippen LogP contribution in [0.1, 0.15) is 51.4 Å². The highest BCUT2D eigenvalue weighted by Gasteiger charge is 2.17. The molecule has 5 heteroatoms. The highest BCUT2D eigenvalue weighted by atomic mass is 35.5. The molecule has 2 rings (SSSR count). The second-order valence-electron chi connectivity index (χ2n) is 5.88. The number of hydrogen-bond donors (Lipinski definition) is 2. The zero-order valence-corrected chi connectivity index (χ0v) is 13.2. The van der Waals surface area contributed by atoms with E-state index in [1.165, 1.54) is 32.1 Å². The van der Waals surface area contributed by atoms with Crippen molar-refractivity contribution in [3.8, 4) is 0 Å². The third kappa shape index (κ3) is 6.91. The van der Waals surface area contributed by atoms with Crippen LogP contribution in [-0.4, -0.2) is 38.3 Å². The Morgan fingerprint density at radius 2 is 1.80 bits per heavy atom. The fourth-order valence-electron chi connectivity index (χ4n) is 3.07. The topological polar surface area (TPSA) is 50.4 Å². The first kappa shape index (κ1) is 17.7. The van der Waals surface area contributed by atoms with E-state index in [0.717, 1.165) is 25.9 Å². The van der Waals surface area contributed by atoms with Crippen molar-refractivity contribution < 1.29 is 9.53 Å². The lowest BCUT2D eigenvalue weighted by Gasteiger charge is -2.23. The van der Waals surface area contributed by atoms with Crippen LogP contribution in [0, 0.1) is 5.92 Å². The van der Waals surface area contributed by atoms with E-state index in [9.17, 15) is 4.79 Å². The minimum Gasteiger partial charge on any atom is -0.376 e. The molecule has 0 atom stereocenters. The fourth-order valence-corrected chi connectivity index (χ4v) is 3.07. The number of hydrogen-bond acceptors (Lipinski definition) is 3. The molecule has 0 aromatic heterocycles. The highest BCUT2D eigenvalue weighted by Crippen LogP contribution is 2.20. The molecule has 4 nitrogen and oxygen atoms in total. The minimum atomic E-state index is 0. The molecule has 2 aliphatic rings. The van der Waals surface area contributed by atoms with E-state index in [4.69, 9.17) is 4.74 Å². The van der Waals surface area contributed by atoms with Crippen molar-refractivity contribution in [3.63, 3.8) is 0 Å². The number of nitrogens with one attached hydrogen (secondary N) is 2. The summed E-state index contributed by atoms with van der Waals surface area (Å²) in [6, 6.07) is 0. The molecule has 20 heavy (non-hydrogen) atoms. The molecule has 118 valence electrons. The SMILES string of the molecule is Cl.O=C(CC1CCNCC1)NCCOC1CCCCC1. The van der Waals surface area contributed by atoms with Crippen LogP contribution in [0.3, 0.4) is 0 Å². The molecule has 0 spiro atoms. The maximum Gasteiger partial charge on any atom is 0.220 e. The van der Waals surface area contributed by atoms with E-state index >= 15 is 0 Å². The van der Waals surface area contributed by atoms with Crippen molar-refractivity contribution >= 4 is 18.3 Å². The van der Waals surface area contributed by atoms with Gasteiger partial charge in [0.15, 0.2) is 0 Å². The maximum atomic E-state index is 11.8. The molecule has 0 unspecified atom stereocenters. The molecule has 1 amide bonds. The van der Waals surface area contributed by atoms with Gasteiger partial charge in [-0.1, -0.05) is 19.3 Å². The second-order valence-corrected chi connectivity index (χ2v) is 5.88. The Balaban J connectivity index is 0.00000200. The Morgan fingerprint density at radius 3 is 2.50 bits per heavy atom. The first-order chi connectivity index (χ1) is 9.34. The first-order valence-electron chi connectivity index (χ1n) is 7.93. The summed E-state index contributed by atoms with van der Waals surface area (Å²) in [5, 5.41) is 6.31. The summed E-state index contributed by atoms with van der Waals surface area (Å²) in [6.45, 7) is 3.45. The molecule has 0 aromatic rings. The number of rotatable bonds is 6. The third-order valence-electron chi connectivity index (χ3n) is 4.26. The monoisotopic (exact) mass is 304 g/mol. The number of carbonyl (C=O) groups excluding carboxylic acids is 1. The largest absolute Gasteiger partial charge is 0.376 e. The minimum absolute atomic E-state index is 0. The molecule has 2 fully saturated rings. The zero-order chi connectivity index (χ0) is 13.3. The Bertz CT molecular complexity index is 265. The van der Waals surface area contributed by atoms with Crippen LogP contribution in [0.5, 0.6) is 0 Å². The predicted molar refractivity (Wildman–Crippen MR) is 83.3 cm³/mol.